The van der Waals surface area contributed by atoms with Crippen LogP contribution in [0.1, 0.15) is 6.92 Å². The molecule has 0 radical (unpaired) electrons. The SMILES string of the molecule is CCOc1ccc(Cl)cc1N=Nc1cccc(Cl)c1. The van der Waals surface area contributed by atoms with Crippen LogP contribution in [-0.2, 0) is 0 Å². The lowest BCUT2D eigenvalue weighted by molar-refractivity contribution is 0.341. The summed E-state index contributed by atoms with van der Waals surface area (Å²) in [6, 6.07) is 12.4. The highest BCUT2D eigenvalue weighted by Crippen LogP contribution is 2.32. The summed E-state index contributed by atoms with van der Waals surface area (Å²) in [6.07, 6.45) is 0. The minimum Gasteiger partial charge on any atom is -0.492 e. The Hall–Kier alpha value is -1.58. The number of hydrogen-bond acceptors (Lipinski definition) is 3. The molecule has 0 N–H and O–H groups in total. The van der Waals surface area contributed by atoms with Gasteiger partial charge in [0.05, 0.1) is 12.3 Å². The van der Waals surface area contributed by atoms with Gasteiger partial charge in [0, 0.05) is 10.0 Å². The second-order valence-corrected chi connectivity index (χ2v) is 4.60. The molecule has 0 spiro atoms. The van der Waals surface area contributed by atoms with Crippen molar-refractivity contribution in [3.05, 3.63) is 52.5 Å². The number of rotatable bonds is 4. The molecule has 0 aliphatic rings. The molecular weight excluding hydrogens is 283 g/mol. The van der Waals surface area contributed by atoms with Crippen molar-refractivity contribution in [3.8, 4) is 5.75 Å². The zero-order chi connectivity index (χ0) is 13.7. The molecule has 0 unspecified atom stereocenters. The van der Waals surface area contributed by atoms with Gasteiger partial charge in [0.2, 0.25) is 0 Å². The molecule has 0 fully saturated rings. The topological polar surface area (TPSA) is 34.0 Å². The van der Waals surface area contributed by atoms with Gasteiger partial charge in [-0.25, -0.2) is 0 Å². The van der Waals surface area contributed by atoms with Crippen molar-refractivity contribution in [1.29, 1.82) is 0 Å². The first-order valence-corrected chi connectivity index (χ1v) is 6.54. The van der Waals surface area contributed by atoms with E-state index in [0.717, 1.165) is 0 Å². The lowest BCUT2D eigenvalue weighted by Crippen LogP contribution is -1.91. The Morgan fingerprint density at radius 3 is 2.53 bits per heavy atom. The van der Waals surface area contributed by atoms with E-state index in [0.29, 0.717) is 33.8 Å². The molecule has 0 heterocycles. The Kier molecular flexibility index (Phi) is 4.77. The molecule has 0 atom stereocenters. The molecule has 5 heteroatoms. The highest BCUT2D eigenvalue weighted by Gasteiger charge is 2.03. The van der Waals surface area contributed by atoms with Gasteiger partial charge in [0.1, 0.15) is 11.4 Å². The molecule has 0 aromatic heterocycles. The van der Waals surface area contributed by atoms with Gasteiger partial charge in [-0.2, -0.15) is 5.11 Å². The third kappa shape index (κ3) is 3.94. The highest BCUT2D eigenvalue weighted by atomic mass is 35.5. The molecule has 98 valence electrons. The average molecular weight is 295 g/mol. The van der Waals surface area contributed by atoms with Gasteiger partial charge in [-0.15, -0.1) is 5.11 Å². The van der Waals surface area contributed by atoms with Crippen molar-refractivity contribution in [1.82, 2.24) is 0 Å². The number of hydrogen-bond donors (Lipinski definition) is 0. The van der Waals surface area contributed by atoms with Crippen LogP contribution in [0.3, 0.4) is 0 Å². The number of ether oxygens (including phenoxy) is 1. The van der Waals surface area contributed by atoms with Crippen LogP contribution in [-0.4, -0.2) is 6.61 Å². The van der Waals surface area contributed by atoms with E-state index in [9.17, 15) is 0 Å². The van der Waals surface area contributed by atoms with Crippen LogP contribution in [0.25, 0.3) is 0 Å². The van der Waals surface area contributed by atoms with Crippen LogP contribution in [0.2, 0.25) is 10.0 Å². The minimum atomic E-state index is 0.557. The Balaban J connectivity index is 2.29. The third-order valence-corrected chi connectivity index (χ3v) is 2.77. The standard InChI is InChI=1S/C14H12Cl2N2O/c1-2-19-14-7-6-11(16)9-13(14)18-17-12-5-3-4-10(15)8-12/h3-9H,2H2,1H3. The summed E-state index contributed by atoms with van der Waals surface area (Å²) in [7, 11) is 0. The highest BCUT2D eigenvalue weighted by molar-refractivity contribution is 6.31. The number of nitrogens with zero attached hydrogens (tertiary/aromatic N) is 2. The van der Waals surface area contributed by atoms with E-state index in [1.165, 1.54) is 0 Å². The van der Waals surface area contributed by atoms with Crippen molar-refractivity contribution in [2.45, 2.75) is 6.92 Å². The fraction of sp³-hybridized carbons (Fsp3) is 0.143. The molecule has 0 saturated heterocycles. The zero-order valence-corrected chi connectivity index (χ0v) is 11.8. The van der Waals surface area contributed by atoms with E-state index in [1.54, 1.807) is 30.3 Å². The van der Waals surface area contributed by atoms with Crippen LogP contribution in [0.4, 0.5) is 11.4 Å². The molecule has 0 aliphatic heterocycles. The van der Waals surface area contributed by atoms with Gasteiger partial charge in [-0.05, 0) is 43.3 Å². The zero-order valence-electron chi connectivity index (χ0n) is 10.3. The van der Waals surface area contributed by atoms with Gasteiger partial charge < -0.3 is 4.74 Å². The molecule has 2 rings (SSSR count). The maximum atomic E-state index is 5.95. The predicted molar refractivity (Wildman–Crippen MR) is 78.2 cm³/mol. The van der Waals surface area contributed by atoms with Gasteiger partial charge in [-0.3, -0.25) is 0 Å². The van der Waals surface area contributed by atoms with Crippen LogP contribution in [0.15, 0.2) is 52.7 Å². The normalized spacial score (nSPS) is 10.9. The summed E-state index contributed by atoms with van der Waals surface area (Å²) < 4.78 is 5.47. The van der Waals surface area contributed by atoms with E-state index in [2.05, 4.69) is 10.2 Å². The first-order chi connectivity index (χ1) is 9.19. The van der Waals surface area contributed by atoms with Crippen LogP contribution in [0.5, 0.6) is 5.75 Å². The smallest absolute Gasteiger partial charge is 0.146 e. The number of halogens is 2. The molecule has 19 heavy (non-hydrogen) atoms. The van der Waals surface area contributed by atoms with Gasteiger partial charge in [0.25, 0.3) is 0 Å². The van der Waals surface area contributed by atoms with Crippen molar-refractivity contribution in [2.24, 2.45) is 10.2 Å². The van der Waals surface area contributed by atoms with Crippen molar-refractivity contribution < 1.29 is 4.74 Å². The molecule has 0 bridgehead atoms. The van der Waals surface area contributed by atoms with E-state index in [-0.39, 0.29) is 0 Å². The summed E-state index contributed by atoms with van der Waals surface area (Å²) in [6.45, 7) is 2.47. The van der Waals surface area contributed by atoms with Gasteiger partial charge in [-0.1, -0.05) is 29.3 Å². The minimum absolute atomic E-state index is 0.557. The van der Waals surface area contributed by atoms with Crippen molar-refractivity contribution in [3.63, 3.8) is 0 Å². The monoisotopic (exact) mass is 294 g/mol. The molecule has 0 aliphatic carbocycles. The molecule has 0 amide bonds. The molecular formula is C14H12Cl2N2O. The van der Waals surface area contributed by atoms with E-state index in [4.69, 9.17) is 27.9 Å². The summed E-state index contributed by atoms with van der Waals surface area (Å²) in [5.74, 6) is 0.651. The largest absolute Gasteiger partial charge is 0.492 e. The Morgan fingerprint density at radius 2 is 1.79 bits per heavy atom. The lowest BCUT2D eigenvalue weighted by Gasteiger charge is -2.05. The maximum absolute atomic E-state index is 5.95. The summed E-state index contributed by atoms with van der Waals surface area (Å²) in [4.78, 5) is 0. The Labute approximate surface area is 121 Å². The van der Waals surface area contributed by atoms with Crippen LogP contribution >= 0.6 is 23.2 Å². The first-order valence-electron chi connectivity index (χ1n) is 5.78. The average Bonchev–Trinajstić information content (AvgIpc) is 2.39. The molecule has 2 aromatic carbocycles. The van der Waals surface area contributed by atoms with E-state index >= 15 is 0 Å². The quantitative estimate of drug-likeness (QED) is 0.655. The second kappa shape index (κ2) is 6.55. The molecule has 3 nitrogen and oxygen atoms in total. The lowest BCUT2D eigenvalue weighted by atomic mass is 10.3. The van der Waals surface area contributed by atoms with E-state index < -0.39 is 0 Å². The predicted octanol–water partition coefficient (Wildman–Crippen LogP) is 5.81. The van der Waals surface area contributed by atoms with Crippen molar-refractivity contribution in [2.75, 3.05) is 6.61 Å². The third-order valence-electron chi connectivity index (χ3n) is 2.30. The molecule has 0 saturated carbocycles. The van der Waals surface area contributed by atoms with Gasteiger partial charge in [0.15, 0.2) is 0 Å². The molecule has 2 aromatic rings. The summed E-state index contributed by atoms with van der Waals surface area (Å²) >= 11 is 11.8. The fourth-order valence-corrected chi connectivity index (χ4v) is 1.85. The van der Waals surface area contributed by atoms with Crippen LogP contribution in [0, 0.1) is 0 Å². The summed E-state index contributed by atoms with van der Waals surface area (Å²) in [5.41, 5.74) is 1.27. The van der Waals surface area contributed by atoms with Gasteiger partial charge >= 0.3 is 0 Å². The maximum Gasteiger partial charge on any atom is 0.146 e. The van der Waals surface area contributed by atoms with Crippen LogP contribution < -0.4 is 4.74 Å². The van der Waals surface area contributed by atoms with Crippen molar-refractivity contribution >= 4 is 34.6 Å². The number of azo groups is 1. The Morgan fingerprint density at radius 1 is 1.00 bits per heavy atom. The first kappa shape index (κ1) is 13.8. The fourth-order valence-electron chi connectivity index (χ4n) is 1.50. The van der Waals surface area contributed by atoms with E-state index in [1.807, 2.05) is 19.1 Å². The summed E-state index contributed by atoms with van der Waals surface area (Å²) in [5, 5.41) is 9.48. The Bertz CT molecular complexity index is 600. The second-order valence-electron chi connectivity index (χ2n) is 3.72. The number of benzene rings is 2.